The van der Waals surface area contributed by atoms with Gasteiger partial charge in [-0.2, -0.15) is 4.31 Å². The van der Waals surface area contributed by atoms with Crippen LogP contribution in [0.2, 0.25) is 5.15 Å². The Morgan fingerprint density at radius 2 is 2.17 bits per heavy atom. The molecule has 1 amide bonds. The smallest absolute Gasteiger partial charge is 0.246 e. The molecule has 6 nitrogen and oxygen atoms in total. The lowest BCUT2D eigenvalue weighted by Gasteiger charge is -2.19. The molecular weight excluding hydrogens is 278 g/mol. The van der Waals surface area contributed by atoms with E-state index in [0.29, 0.717) is 6.54 Å². The number of rotatable bonds is 2. The first-order valence-corrected chi connectivity index (χ1v) is 7.21. The molecule has 0 spiro atoms. The third-order valence-corrected chi connectivity index (χ3v) is 4.96. The predicted octanol–water partition coefficient (Wildman–Crippen LogP) is 0.246. The monoisotopic (exact) mass is 289 g/mol. The number of hydrogen-bond donors (Lipinski definition) is 1. The van der Waals surface area contributed by atoms with Crippen molar-refractivity contribution in [2.45, 2.75) is 11.3 Å². The summed E-state index contributed by atoms with van der Waals surface area (Å²) in [6, 6.07) is 2.92. The maximum Gasteiger partial charge on any atom is 0.246 e. The number of halogens is 1. The van der Waals surface area contributed by atoms with Crippen LogP contribution in [0.5, 0.6) is 0 Å². The van der Waals surface area contributed by atoms with E-state index >= 15 is 0 Å². The van der Waals surface area contributed by atoms with Crippen molar-refractivity contribution >= 4 is 27.5 Å². The van der Waals surface area contributed by atoms with E-state index < -0.39 is 10.0 Å². The third-order valence-electron chi connectivity index (χ3n) is 2.61. The Morgan fingerprint density at radius 3 is 2.89 bits per heavy atom. The summed E-state index contributed by atoms with van der Waals surface area (Å²) < 4.78 is 25.9. The van der Waals surface area contributed by atoms with Crippen LogP contribution in [-0.4, -0.2) is 43.2 Å². The topological polar surface area (TPSA) is 79.4 Å². The van der Waals surface area contributed by atoms with Crippen LogP contribution in [0, 0.1) is 0 Å². The lowest BCUT2D eigenvalue weighted by molar-refractivity contribution is -0.120. The largest absolute Gasteiger partial charge is 0.355 e. The van der Waals surface area contributed by atoms with Gasteiger partial charge in [-0.05, 0) is 12.1 Å². The first-order valence-electron chi connectivity index (χ1n) is 5.39. The van der Waals surface area contributed by atoms with Crippen molar-refractivity contribution in [3.8, 4) is 0 Å². The molecule has 0 radical (unpaired) electrons. The summed E-state index contributed by atoms with van der Waals surface area (Å²) in [6.45, 7) is 0.689. The van der Waals surface area contributed by atoms with Crippen molar-refractivity contribution in [1.82, 2.24) is 14.6 Å². The van der Waals surface area contributed by atoms with Crippen molar-refractivity contribution in [3.63, 3.8) is 0 Å². The molecule has 0 aliphatic carbocycles. The number of nitrogens with zero attached hydrogens (tertiary/aromatic N) is 2. The molecule has 0 aromatic carbocycles. The maximum atomic E-state index is 12.3. The Morgan fingerprint density at radius 1 is 1.39 bits per heavy atom. The minimum atomic E-state index is -3.69. The number of carbonyl (C=O) groups excluding carboxylic acids is 1. The quantitative estimate of drug-likeness (QED) is 0.791. The number of pyridine rings is 1. The summed E-state index contributed by atoms with van der Waals surface area (Å²) in [4.78, 5) is 14.9. The molecule has 0 saturated carbocycles. The number of amides is 1. The summed E-state index contributed by atoms with van der Waals surface area (Å²) in [5.41, 5.74) is 0. The summed E-state index contributed by atoms with van der Waals surface area (Å²) >= 11 is 5.80. The molecule has 2 heterocycles. The second kappa shape index (κ2) is 5.21. The molecule has 1 aliphatic heterocycles. The number of aromatic nitrogens is 1. The average Bonchev–Trinajstić information content (AvgIpc) is 2.54. The van der Waals surface area contributed by atoms with Gasteiger partial charge in [-0.15, -0.1) is 0 Å². The fourth-order valence-electron chi connectivity index (χ4n) is 1.69. The predicted molar refractivity (Wildman–Crippen MR) is 65.6 cm³/mol. The maximum absolute atomic E-state index is 12.3. The highest BCUT2D eigenvalue weighted by Crippen LogP contribution is 2.22. The Balaban J connectivity index is 2.31. The van der Waals surface area contributed by atoms with Crippen LogP contribution >= 0.6 is 11.6 Å². The van der Waals surface area contributed by atoms with E-state index in [0.717, 1.165) is 0 Å². The zero-order valence-electron chi connectivity index (χ0n) is 9.47. The molecule has 0 atom stereocenters. The van der Waals surface area contributed by atoms with Crippen molar-refractivity contribution in [2.75, 3.05) is 19.6 Å². The lowest BCUT2D eigenvalue weighted by Crippen LogP contribution is -2.34. The lowest BCUT2D eigenvalue weighted by atomic mass is 10.4. The van der Waals surface area contributed by atoms with Crippen LogP contribution in [0.25, 0.3) is 0 Å². The standard InChI is InChI=1S/C10H12ClN3O3S/c11-10-8(2-1-4-13-10)18(16,17)14-6-3-9(15)12-5-7-14/h1-2,4H,3,5-7H2,(H,12,15). The van der Waals surface area contributed by atoms with Gasteiger partial charge < -0.3 is 5.32 Å². The van der Waals surface area contributed by atoms with Gasteiger partial charge in [-0.3, -0.25) is 4.79 Å². The Bertz CT molecular complexity index is 561. The van der Waals surface area contributed by atoms with Crippen LogP contribution in [0.1, 0.15) is 6.42 Å². The van der Waals surface area contributed by atoms with Gasteiger partial charge in [0, 0.05) is 32.3 Å². The molecule has 1 aromatic heterocycles. The van der Waals surface area contributed by atoms with Crippen LogP contribution in [0.15, 0.2) is 23.2 Å². The minimum Gasteiger partial charge on any atom is -0.355 e. The van der Waals surface area contributed by atoms with E-state index in [1.807, 2.05) is 0 Å². The van der Waals surface area contributed by atoms with E-state index in [1.54, 1.807) is 0 Å². The molecular formula is C10H12ClN3O3S. The minimum absolute atomic E-state index is 0.0268. The van der Waals surface area contributed by atoms with Gasteiger partial charge in [-0.1, -0.05) is 11.6 Å². The number of carbonyl (C=O) groups is 1. The summed E-state index contributed by atoms with van der Waals surface area (Å²) in [7, 11) is -3.69. The van der Waals surface area contributed by atoms with E-state index in [2.05, 4.69) is 10.3 Å². The van der Waals surface area contributed by atoms with Crippen molar-refractivity contribution in [2.24, 2.45) is 0 Å². The molecule has 1 N–H and O–H groups in total. The SMILES string of the molecule is O=C1CCN(S(=O)(=O)c2cccnc2Cl)CCN1. The molecule has 0 bridgehead atoms. The summed E-state index contributed by atoms with van der Waals surface area (Å²) in [6.07, 6.45) is 1.58. The van der Waals surface area contributed by atoms with Gasteiger partial charge >= 0.3 is 0 Å². The van der Waals surface area contributed by atoms with E-state index in [-0.39, 0.29) is 35.5 Å². The van der Waals surface area contributed by atoms with Crippen LogP contribution in [-0.2, 0) is 14.8 Å². The highest BCUT2D eigenvalue weighted by molar-refractivity contribution is 7.89. The number of sulfonamides is 1. The molecule has 0 unspecified atom stereocenters. The molecule has 98 valence electrons. The van der Waals surface area contributed by atoms with Gasteiger partial charge in [0.2, 0.25) is 15.9 Å². The zero-order valence-corrected chi connectivity index (χ0v) is 11.0. The zero-order chi connectivity index (χ0) is 13.2. The normalized spacial score (nSPS) is 18.2. The van der Waals surface area contributed by atoms with Gasteiger partial charge in [0.1, 0.15) is 10.0 Å². The molecule has 8 heteroatoms. The molecule has 1 aromatic rings. The van der Waals surface area contributed by atoms with E-state index in [4.69, 9.17) is 11.6 Å². The highest BCUT2D eigenvalue weighted by Gasteiger charge is 2.28. The molecule has 1 saturated heterocycles. The Labute approximate surface area is 110 Å². The summed E-state index contributed by atoms with van der Waals surface area (Å²) in [5, 5.41) is 2.56. The van der Waals surface area contributed by atoms with Crippen molar-refractivity contribution < 1.29 is 13.2 Å². The fourth-order valence-corrected chi connectivity index (χ4v) is 3.56. The average molecular weight is 290 g/mol. The van der Waals surface area contributed by atoms with Crippen LogP contribution in [0.4, 0.5) is 0 Å². The van der Waals surface area contributed by atoms with Gasteiger partial charge in [0.15, 0.2) is 0 Å². The Hall–Kier alpha value is -1.18. The summed E-state index contributed by atoms with van der Waals surface area (Å²) in [5.74, 6) is -0.148. The molecule has 1 aliphatic rings. The Kier molecular flexibility index (Phi) is 3.84. The first kappa shape index (κ1) is 13.3. The van der Waals surface area contributed by atoms with Gasteiger partial charge in [0.05, 0.1) is 0 Å². The second-order valence-electron chi connectivity index (χ2n) is 3.80. The molecule has 1 fully saturated rings. The molecule has 2 rings (SSSR count). The van der Waals surface area contributed by atoms with Crippen molar-refractivity contribution in [1.29, 1.82) is 0 Å². The highest BCUT2D eigenvalue weighted by atomic mass is 35.5. The van der Waals surface area contributed by atoms with E-state index in [9.17, 15) is 13.2 Å². The second-order valence-corrected chi connectivity index (χ2v) is 6.06. The third kappa shape index (κ3) is 2.63. The molecule has 18 heavy (non-hydrogen) atoms. The van der Waals surface area contributed by atoms with E-state index in [1.165, 1.54) is 22.6 Å². The van der Waals surface area contributed by atoms with Gasteiger partial charge in [0.25, 0.3) is 0 Å². The number of hydrogen-bond acceptors (Lipinski definition) is 4. The van der Waals surface area contributed by atoms with Crippen LogP contribution in [0.3, 0.4) is 0 Å². The first-order chi connectivity index (χ1) is 8.51. The fraction of sp³-hybridized carbons (Fsp3) is 0.400. The van der Waals surface area contributed by atoms with Crippen molar-refractivity contribution in [3.05, 3.63) is 23.5 Å². The number of nitrogens with one attached hydrogen (secondary N) is 1. The van der Waals surface area contributed by atoms with Crippen LogP contribution < -0.4 is 5.32 Å². The van der Waals surface area contributed by atoms with Gasteiger partial charge in [-0.25, -0.2) is 13.4 Å².